The second-order valence-corrected chi connectivity index (χ2v) is 11.3. The van der Waals surface area contributed by atoms with E-state index in [1.807, 2.05) is 65.6 Å². The zero-order valence-electron chi connectivity index (χ0n) is 22.5. The van der Waals surface area contributed by atoms with Crippen molar-refractivity contribution in [1.82, 2.24) is 24.8 Å². The highest BCUT2D eigenvalue weighted by Gasteiger charge is 2.57. The molecule has 10 heteroatoms. The SMILES string of the molecule is N#C/C(=C\C1CC1)C(=O)N1CCCC2(CC2Nn2nc(-c3ccc(Oc4ccccc4)cc3)c3c(N)ncnc32)C1. The Morgan fingerprint density at radius 2 is 1.90 bits per heavy atom. The maximum absolute atomic E-state index is 13.1. The van der Waals surface area contributed by atoms with Crippen molar-refractivity contribution < 1.29 is 9.53 Å². The number of nitrogens with zero attached hydrogens (tertiary/aromatic N) is 6. The molecule has 3 aliphatic rings. The zero-order valence-corrected chi connectivity index (χ0v) is 22.5. The largest absolute Gasteiger partial charge is 0.457 e. The van der Waals surface area contributed by atoms with E-state index in [-0.39, 0.29) is 22.9 Å². The molecule has 3 heterocycles. The van der Waals surface area contributed by atoms with Crippen LogP contribution in [0.5, 0.6) is 11.5 Å². The first-order valence-electron chi connectivity index (χ1n) is 14.0. The van der Waals surface area contributed by atoms with Crippen LogP contribution >= 0.6 is 0 Å². The second-order valence-electron chi connectivity index (χ2n) is 11.3. The third-order valence-electron chi connectivity index (χ3n) is 8.34. The van der Waals surface area contributed by atoms with E-state index in [1.54, 1.807) is 4.79 Å². The van der Waals surface area contributed by atoms with Gasteiger partial charge in [0.15, 0.2) is 5.65 Å². The van der Waals surface area contributed by atoms with Gasteiger partial charge in [-0.05, 0) is 74.4 Å². The summed E-state index contributed by atoms with van der Waals surface area (Å²) < 4.78 is 5.94. The van der Waals surface area contributed by atoms with Gasteiger partial charge in [-0.2, -0.15) is 10.1 Å². The topological polar surface area (TPSA) is 135 Å². The van der Waals surface area contributed by atoms with Gasteiger partial charge in [0, 0.05) is 24.1 Å². The Morgan fingerprint density at radius 1 is 1.12 bits per heavy atom. The molecule has 2 aliphatic carbocycles. The number of carbonyl (C=O) groups excluding carboxylic acids is 1. The molecule has 2 aromatic heterocycles. The van der Waals surface area contributed by atoms with E-state index in [4.69, 9.17) is 15.6 Å². The van der Waals surface area contributed by atoms with E-state index < -0.39 is 0 Å². The van der Waals surface area contributed by atoms with Crippen molar-refractivity contribution in [3.05, 3.63) is 72.6 Å². The average Bonchev–Trinajstić information content (AvgIpc) is 3.90. The molecular weight excluding hydrogens is 516 g/mol. The summed E-state index contributed by atoms with van der Waals surface area (Å²) in [5.41, 5.74) is 12.2. The number of nitriles is 1. The van der Waals surface area contributed by atoms with Gasteiger partial charge in [0.2, 0.25) is 0 Å². The van der Waals surface area contributed by atoms with Crippen LogP contribution in [0.15, 0.2) is 72.6 Å². The molecule has 1 saturated heterocycles. The van der Waals surface area contributed by atoms with Gasteiger partial charge in [0.1, 0.15) is 41.0 Å². The number of hydrogen-bond donors (Lipinski definition) is 2. The third kappa shape index (κ3) is 4.84. The number of amides is 1. The maximum atomic E-state index is 13.1. The number of fused-ring (bicyclic) bond motifs is 1. The number of anilines is 1. The summed E-state index contributed by atoms with van der Waals surface area (Å²) in [7, 11) is 0. The highest BCUT2D eigenvalue weighted by atomic mass is 16.5. The van der Waals surface area contributed by atoms with Crippen LogP contribution in [0.2, 0.25) is 0 Å². The summed E-state index contributed by atoms with van der Waals surface area (Å²) in [5, 5.41) is 15.1. The van der Waals surface area contributed by atoms with Crippen molar-refractivity contribution in [2.75, 3.05) is 24.2 Å². The number of aromatic nitrogens is 4. The molecule has 206 valence electrons. The zero-order chi connectivity index (χ0) is 28.0. The Bertz CT molecular complexity index is 1690. The Hall–Kier alpha value is -4.91. The molecule has 2 atom stereocenters. The van der Waals surface area contributed by atoms with Crippen LogP contribution in [0.3, 0.4) is 0 Å². The Balaban J connectivity index is 1.11. The molecule has 1 amide bonds. The lowest BCUT2D eigenvalue weighted by molar-refractivity contribution is -0.128. The molecule has 0 radical (unpaired) electrons. The van der Waals surface area contributed by atoms with Gasteiger partial charge in [-0.1, -0.05) is 24.3 Å². The summed E-state index contributed by atoms with van der Waals surface area (Å²) in [6, 6.07) is 19.6. The third-order valence-corrected chi connectivity index (χ3v) is 8.34. The van der Waals surface area contributed by atoms with Crippen LogP contribution in [0, 0.1) is 22.7 Å². The number of ether oxygens (including phenoxy) is 1. The van der Waals surface area contributed by atoms with Gasteiger partial charge in [-0.15, -0.1) is 5.10 Å². The van der Waals surface area contributed by atoms with Gasteiger partial charge >= 0.3 is 0 Å². The average molecular weight is 547 g/mol. The lowest BCUT2D eigenvalue weighted by Gasteiger charge is -2.33. The number of hydrogen-bond acceptors (Lipinski definition) is 8. The van der Waals surface area contributed by atoms with Crippen molar-refractivity contribution in [1.29, 1.82) is 5.26 Å². The Labute approximate surface area is 237 Å². The van der Waals surface area contributed by atoms with E-state index in [9.17, 15) is 10.1 Å². The van der Waals surface area contributed by atoms with E-state index >= 15 is 0 Å². The Morgan fingerprint density at radius 3 is 2.66 bits per heavy atom. The number of rotatable bonds is 7. The highest BCUT2D eigenvalue weighted by molar-refractivity contribution is 5.98. The van der Waals surface area contributed by atoms with Crippen molar-refractivity contribution in [3.63, 3.8) is 0 Å². The first-order chi connectivity index (χ1) is 20.0. The minimum atomic E-state index is -0.142. The highest BCUT2D eigenvalue weighted by Crippen LogP contribution is 2.53. The standard InChI is InChI=1S/C31H30N8O2/c32-17-22(15-20-7-8-20)30(40)38-14-4-13-31(18-38)16-25(31)36-39-29-26(28(33)34-19-35-29)27(37-39)21-9-11-24(12-10-21)41-23-5-2-1-3-6-23/h1-3,5-6,9-12,15,19-20,25,36H,4,7-8,13-14,16,18H2,(H2,33,34,35)/b22-15+. The molecule has 1 aliphatic heterocycles. The number of piperidine rings is 1. The predicted octanol–water partition coefficient (Wildman–Crippen LogP) is 4.65. The minimum absolute atomic E-state index is 0.0541. The molecule has 0 bridgehead atoms. The maximum Gasteiger partial charge on any atom is 0.264 e. The van der Waals surface area contributed by atoms with Gasteiger partial charge in [-0.25, -0.2) is 9.97 Å². The van der Waals surface area contributed by atoms with Gasteiger partial charge in [0.25, 0.3) is 5.91 Å². The van der Waals surface area contributed by atoms with E-state index in [0.717, 1.165) is 43.4 Å². The van der Waals surface area contributed by atoms with Crippen LogP contribution in [-0.4, -0.2) is 49.8 Å². The fourth-order valence-electron chi connectivity index (χ4n) is 5.86. The number of allylic oxidation sites excluding steroid dienone is 1. The first kappa shape index (κ1) is 25.1. The number of nitrogens with two attached hydrogens (primary N) is 1. The molecule has 2 aromatic carbocycles. The fraction of sp³-hybridized carbons (Fsp3) is 0.323. The number of benzene rings is 2. The molecule has 2 saturated carbocycles. The fourth-order valence-corrected chi connectivity index (χ4v) is 5.86. The van der Waals surface area contributed by atoms with Crippen LogP contribution < -0.4 is 15.9 Å². The van der Waals surface area contributed by atoms with Crippen LogP contribution in [0.25, 0.3) is 22.3 Å². The quantitative estimate of drug-likeness (QED) is 0.253. The van der Waals surface area contributed by atoms with Gasteiger partial charge in [-0.3, -0.25) is 4.79 Å². The van der Waals surface area contributed by atoms with Crippen LogP contribution in [-0.2, 0) is 4.79 Å². The normalized spacial score (nSPS) is 22.0. The van der Waals surface area contributed by atoms with Gasteiger partial charge in [0.05, 0.1) is 11.4 Å². The van der Waals surface area contributed by atoms with Gasteiger partial charge < -0.3 is 20.8 Å². The summed E-state index contributed by atoms with van der Waals surface area (Å²) in [5.74, 6) is 2.08. The number of para-hydroxylation sites is 1. The molecule has 7 rings (SSSR count). The van der Waals surface area contributed by atoms with Crippen molar-refractivity contribution >= 4 is 22.8 Å². The molecule has 10 nitrogen and oxygen atoms in total. The lowest BCUT2D eigenvalue weighted by Crippen LogP contribution is -2.43. The molecule has 3 N–H and O–H groups in total. The van der Waals surface area contributed by atoms with E-state index in [0.29, 0.717) is 47.3 Å². The Kier molecular flexibility index (Phi) is 6.07. The molecule has 2 unspecified atom stereocenters. The molecule has 41 heavy (non-hydrogen) atoms. The van der Waals surface area contributed by atoms with E-state index in [1.165, 1.54) is 6.33 Å². The summed E-state index contributed by atoms with van der Waals surface area (Å²) >= 11 is 0. The second kappa shape index (κ2) is 9.93. The number of carbonyl (C=O) groups is 1. The molecule has 3 fully saturated rings. The smallest absolute Gasteiger partial charge is 0.264 e. The minimum Gasteiger partial charge on any atom is -0.457 e. The predicted molar refractivity (Wildman–Crippen MR) is 154 cm³/mol. The number of likely N-dealkylation sites (tertiary alicyclic amines) is 1. The molecule has 1 spiro atoms. The van der Waals surface area contributed by atoms with Crippen molar-refractivity contribution in [3.8, 4) is 28.8 Å². The van der Waals surface area contributed by atoms with Crippen molar-refractivity contribution in [2.45, 2.75) is 38.1 Å². The summed E-state index contributed by atoms with van der Waals surface area (Å²) in [6.45, 7) is 1.30. The molecule has 4 aromatic rings. The lowest BCUT2D eigenvalue weighted by atomic mass is 9.93. The first-order valence-corrected chi connectivity index (χ1v) is 14.0. The number of nitrogen functional groups attached to an aromatic ring is 1. The van der Waals surface area contributed by atoms with Crippen LogP contribution in [0.4, 0.5) is 5.82 Å². The number of nitrogens with one attached hydrogen (secondary N) is 1. The van der Waals surface area contributed by atoms with Crippen LogP contribution in [0.1, 0.15) is 32.1 Å². The summed E-state index contributed by atoms with van der Waals surface area (Å²) in [6.07, 6.45) is 8.25. The van der Waals surface area contributed by atoms with E-state index in [2.05, 4.69) is 21.5 Å². The molecular formula is C31H30N8O2. The summed E-state index contributed by atoms with van der Waals surface area (Å²) in [4.78, 5) is 25.4. The van der Waals surface area contributed by atoms with Crippen molar-refractivity contribution in [2.24, 2.45) is 11.3 Å². The monoisotopic (exact) mass is 546 g/mol.